The Bertz CT molecular complexity index is 375. The maximum absolute atomic E-state index is 13.1. The van der Waals surface area contributed by atoms with Crippen LogP contribution in [0.2, 0.25) is 0 Å². The molecule has 2 nitrogen and oxygen atoms in total. The van der Waals surface area contributed by atoms with E-state index in [0.717, 1.165) is 11.5 Å². The van der Waals surface area contributed by atoms with E-state index in [9.17, 15) is 4.39 Å². The molecule has 1 aliphatic rings. The molecule has 0 aliphatic heterocycles. The van der Waals surface area contributed by atoms with Gasteiger partial charge in [0.25, 0.3) is 0 Å². The van der Waals surface area contributed by atoms with Crippen molar-refractivity contribution in [1.29, 1.82) is 0 Å². The van der Waals surface area contributed by atoms with Gasteiger partial charge in [0.1, 0.15) is 5.82 Å². The fraction of sp³-hybridized carbons (Fsp3) is 0.667. The Morgan fingerprint density at radius 3 is 2.61 bits per heavy atom. The summed E-state index contributed by atoms with van der Waals surface area (Å²) in [6, 6.07) is 2.21. The Balaban J connectivity index is 1.91. The molecular formula is C15H23FN2. The fourth-order valence-corrected chi connectivity index (χ4v) is 2.93. The van der Waals surface area contributed by atoms with Crippen LogP contribution in [-0.4, -0.2) is 11.0 Å². The molecule has 0 aromatic carbocycles. The van der Waals surface area contributed by atoms with Crippen LogP contribution in [0.15, 0.2) is 18.5 Å². The van der Waals surface area contributed by atoms with Gasteiger partial charge in [-0.1, -0.05) is 19.3 Å². The molecule has 0 spiro atoms. The van der Waals surface area contributed by atoms with Gasteiger partial charge >= 0.3 is 0 Å². The van der Waals surface area contributed by atoms with Crippen LogP contribution in [0.4, 0.5) is 4.39 Å². The molecule has 1 aliphatic carbocycles. The van der Waals surface area contributed by atoms with Crippen LogP contribution < -0.4 is 5.32 Å². The van der Waals surface area contributed by atoms with Gasteiger partial charge in [0.15, 0.2) is 0 Å². The molecule has 1 unspecified atom stereocenters. The lowest BCUT2D eigenvalue weighted by Crippen LogP contribution is -2.36. The summed E-state index contributed by atoms with van der Waals surface area (Å²) in [6.07, 6.45) is 9.73. The lowest BCUT2D eigenvalue weighted by molar-refractivity contribution is 0.268. The molecule has 1 heterocycles. The van der Waals surface area contributed by atoms with Crippen LogP contribution in [0.25, 0.3) is 0 Å². The van der Waals surface area contributed by atoms with Gasteiger partial charge < -0.3 is 5.32 Å². The largest absolute Gasteiger partial charge is 0.307 e. The maximum atomic E-state index is 13.1. The summed E-state index contributed by atoms with van der Waals surface area (Å²) in [5.41, 5.74) is 0.928. The molecule has 2 atom stereocenters. The predicted octanol–water partition coefficient (Wildman–Crippen LogP) is 3.84. The lowest BCUT2D eigenvalue weighted by Gasteiger charge is -2.30. The number of hydrogen-bond donors (Lipinski definition) is 1. The molecule has 1 fully saturated rings. The molecule has 0 bridgehead atoms. The molecule has 100 valence electrons. The number of halogens is 1. The zero-order chi connectivity index (χ0) is 13.0. The normalized spacial score (nSPS) is 20.6. The van der Waals surface area contributed by atoms with Gasteiger partial charge in [0, 0.05) is 18.3 Å². The van der Waals surface area contributed by atoms with Gasteiger partial charge in [-0.3, -0.25) is 4.98 Å². The number of hydrogen-bond acceptors (Lipinski definition) is 2. The molecule has 0 radical (unpaired) electrons. The monoisotopic (exact) mass is 250 g/mol. The van der Waals surface area contributed by atoms with E-state index in [-0.39, 0.29) is 11.9 Å². The van der Waals surface area contributed by atoms with E-state index in [2.05, 4.69) is 24.1 Å². The highest BCUT2D eigenvalue weighted by Crippen LogP contribution is 2.27. The molecular weight excluding hydrogens is 227 g/mol. The summed E-state index contributed by atoms with van der Waals surface area (Å²) >= 11 is 0. The van der Waals surface area contributed by atoms with Crippen molar-refractivity contribution in [2.45, 2.75) is 58.0 Å². The van der Waals surface area contributed by atoms with E-state index >= 15 is 0 Å². The molecule has 0 saturated heterocycles. The molecule has 1 aromatic rings. The second-order valence-electron chi connectivity index (χ2n) is 5.51. The van der Waals surface area contributed by atoms with Crippen LogP contribution in [0.1, 0.15) is 57.6 Å². The second kappa shape index (κ2) is 6.28. The highest BCUT2D eigenvalue weighted by molar-refractivity contribution is 5.14. The minimum absolute atomic E-state index is 0.158. The lowest BCUT2D eigenvalue weighted by atomic mass is 9.84. The van der Waals surface area contributed by atoms with E-state index in [1.54, 1.807) is 12.3 Å². The summed E-state index contributed by atoms with van der Waals surface area (Å²) in [5.74, 6) is 0.509. The van der Waals surface area contributed by atoms with Crippen LogP contribution in [-0.2, 0) is 0 Å². The summed E-state index contributed by atoms with van der Waals surface area (Å²) in [7, 11) is 0. The van der Waals surface area contributed by atoms with E-state index in [1.165, 1.54) is 38.3 Å². The summed E-state index contributed by atoms with van der Waals surface area (Å²) in [6.45, 7) is 4.33. The van der Waals surface area contributed by atoms with Crippen molar-refractivity contribution in [3.8, 4) is 0 Å². The number of nitrogens with one attached hydrogen (secondary N) is 1. The molecule has 2 rings (SSSR count). The molecule has 1 aromatic heterocycles. The second-order valence-corrected chi connectivity index (χ2v) is 5.51. The highest BCUT2D eigenvalue weighted by Gasteiger charge is 2.21. The van der Waals surface area contributed by atoms with Crippen LogP contribution >= 0.6 is 0 Å². The Hall–Kier alpha value is -0.960. The topological polar surface area (TPSA) is 24.9 Å². The molecule has 3 heteroatoms. The zero-order valence-corrected chi connectivity index (χ0v) is 11.3. The third-order valence-electron chi connectivity index (χ3n) is 4.10. The Morgan fingerprint density at radius 1 is 1.22 bits per heavy atom. The molecule has 0 amide bonds. The van der Waals surface area contributed by atoms with Gasteiger partial charge in [-0.05, 0) is 44.2 Å². The third kappa shape index (κ3) is 3.52. The van der Waals surface area contributed by atoms with Crippen molar-refractivity contribution in [2.24, 2.45) is 5.92 Å². The summed E-state index contributed by atoms with van der Waals surface area (Å²) < 4.78 is 13.1. The van der Waals surface area contributed by atoms with Crippen LogP contribution in [0.5, 0.6) is 0 Å². The minimum atomic E-state index is -0.258. The number of pyridine rings is 1. The van der Waals surface area contributed by atoms with Crippen LogP contribution in [0.3, 0.4) is 0 Å². The van der Waals surface area contributed by atoms with Gasteiger partial charge in [-0.25, -0.2) is 4.39 Å². The molecule has 1 N–H and O–H groups in total. The fourth-order valence-electron chi connectivity index (χ4n) is 2.93. The standard InChI is InChI=1S/C15H23FN2/c1-11(13-6-4-3-5-7-13)18-12(2)14-8-15(16)10-17-9-14/h8-13,18H,3-7H2,1-2H3/t11-,12?/m0/s1. The van der Waals surface area contributed by atoms with Crippen molar-refractivity contribution >= 4 is 0 Å². The first-order valence-corrected chi connectivity index (χ1v) is 7.03. The Morgan fingerprint density at radius 2 is 1.94 bits per heavy atom. The average Bonchev–Trinajstić information content (AvgIpc) is 2.39. The smallest absolute Gasteiger partial charge is 0.141 e. The quantitative estimate of drug-likeness (QED) is 0.878. The van der Waals surface area contributed by atoms with Gasteiger partial charge in [0.05, 0.1) is 6.20 Å². The first-order chi connectivity index (χ1) is 8.66. The zero-order valence-electron chi connectivity index (χ0n) is 11.3. The van der Waals surface area contributed by atoms with Crippen molar-refractivity contribution in [3.05, 3.63) is 29.8 Å². The van der Waals surface area contributed by atoms with Crippen molar-refractivity contribution in [2.75, 3.05) is 0 Å². The SMILES string of the molecule is CC(N[C@@H](C)C1CCCCC1)c1cncc(F)c1. The number of rotatable bonds is 4. The van der Waals surface area contributed by atoms with Crippen LogP contribution in [0, 0.1) is 11.7 Å². The number of aromatic nitrogens is 1. The Kier molecular flexibility index (Phi) is 4.70. The first-order valence-electron chi connectivity index (χ1n) is 7.03. The molecule has 18 heavy (non-hydrogen) atoms. The van der Waals surface area contributed by atoms with Crippen molar-refractivity contribution < 1.29 is 4.39 Å². The van der Waals surface area contributed by atoms with Crippen molar-refractivity contribution in [1.82, 2.24) is 10.3 Å². The predicted molar refractivity (Wildman–Crippen MR) is 71.8 cm³/mol. The molecule has 1 saturated carbocycles. The third-order valence-corrected chi connectivity index (χ3v) is 4.10. The summed E-state index contributed by atoms with van der Waals surface area (Å²) in [5, 5.41) is 3.59. The average molecular weight is 250 g/mol. The minimum Gasteiger partial charge on any atom is -0.307 e. The summed E-state index contributed by atoms with van der Waals surface area (Å²) in [4.78, 5) is 3.91. The first kappa shape index (κ1) is 13.5. The number of nitrogens with zero attached hydrogens (tertiary/aromatic N) is 1. The van der Waals surface area contributed by atoms with E-state index < -0.39 is 0 Å². The van der Waals surface area contributed by atoms with E-state index in [0.29, 0.717) is 6.04 Å². The maximum Gasteiger partial charge on any atom is 0.141 e. The highest BCUT2D eigenvalue weighted by atomic mass is 19.1. The Labute approximate surface area is 109 Å². The van der Waals surface area contributed by atoms with Gasteiger partial charge in [-0.15, -0.1) is 0 Å². The van der Waals surface area contributed by atoms with Gasteiger partial charge in [0.2, 0.25) is 0 Å². The van der Waals surface area contributed by atoms with Crippen molar-refractivity contribution in [3.63, 3.8) is 0 Å². The van der Waals surface area contributed by atoms with Gasteiger partial charge in [-0.2, -0.15) is 0 Å². The van der Waals surface area contributed by atoms with E-state index in [4.69, 9.17) is 0 Å². The van der Waals surface area contributed by atoms with E-state index in [1.807, 2.05) is 0 Å².